The van der Waals surface area contributed by atoms with Gasteiger partial charge >= 0.3 is 97.7 Å². The molecule has 0 bridgehead atoms. The summed E-state index contributed by atoms with van der Waals surface area (Å²) in [7, 11) is 0. The SMILES string of the molecule is CCP(C)(C)(CC(C)(C)C)CC(C)(C)C. The Morgan fingerprint density at radius 2 is 1.00 bits per heavy atom. The second kappa shape index (κ2) is 4.02. The first-order chi connectivity index (χ1) is 6.26. The zero-order chi connectivity index (χ0) is 12.6. The Morgan fingerprint density at radius 3 is 1.13 bits per heavy atom. The van der Waals surface area contributed by atoms with Gasteiger partial charge < -0.3 is 0 Å². The van der Waals surface area contributed by atoms with Crippen LogP contribution in [-0.2, 0) is 0 Å². The molecular weight excluding hydrogens is 199 g/mol. The average molecular weight is 232 g/mol. The maximum atomic E-state index is 2.60. The zero-order valence-electron chi connectivity index (χ0n) is 12.6. The molecule has 0 spiro atoms. The third-order valence-corrected chi connectivity index (χ3v) is 9.32. The van der Waals surface area contributed by atoms with E-state index in [-0.39, 0.29) is 0 Å². The molecule has 0 aliphatic heterocycles. The second-order valence-electron chi connectivity index (χ2n) is 8.77. The predicted octanol–water partition coefficient (Wildman–Crippen LogP) is 4.91. The number of rotatable bonds is 3. The van der Waals surface area contributed by atoms with Gasteiger partial charge in [-0.05, 0) is 0 Å². The molecule has 0 aliphatic rings. The summed E-state index contributed by atoms with van der Waals surface area (Å²) in [6.45, 7) is 20.5. The summed E-state index contributed by atoms with van der Waals surface area (Å²) in [6.07, 6.45) is 4.24. The minimum absolute atomic E-state index is 0.475. The van der Waals surface area contributed by atoms with Crippen molar-refractivity contribution in [2.75, 3.05) is 31.8 Å². The topological polar surface area (TPSA) is 0 Å². The van der Waals surface area contributed by atoms with E-state index >= 15 is 0 Å². The predicted molar refractivity (Wildman–Crippen MR) is 78.0 cm³/mol. The molecule has 0 aromatic carbocycles. The molecule has 0 aliphatic carbocycles. The first-order valence-corrected chi connectivity index (χ1v) is 9.94. The van der Waals surface area contributed by atoms with Crippen molar-refractivity contribution in [1.82, 2.24) is 0 Å². The van der Waals surface area contributed by atoms with E-state index in [0.717, 1.165) is 0 Å². The fraction of sp³-hybridized carbons (Fsp3) is 1.00. The molecule has 1 heteroatoms. The molecule has 0 saturated carbocycles. The van der Waals surface area contributed by atoms with Gasteiger partial charge in [-0.25, -0.2) is 0 Å². The Labute approximate surface area is 98.2 Å². The molecule has 0 unspecified atom stereocenters. The van der Waals surface area contributed by atoms with Crippen molar-refractivity contribution in [3.63, 3.8) is 0 Å². The monoisotopic (exact) mass is 232 g/mol. The van der Waals surface area contributed by atoms with Crippen molar-refractivity contribution in [2.45, 2.75) is 48.5 Å². The van der Waals surface area contributed by atoms with E-state index in [1.54, 1.807) is 0 Å². The van der Waals surface area contributed by atoms with E-state index in [9.17, 15) is 0 Å². The fourth-order valence-corrected chi connectivity index (χ4v) is 10.6. The van der Waals surface area contributed by atoms with Crippen LogP contribution in [0.3, 0.4) is 0 Å². The third kappa shape index (κ3) is 6.56. The summed E-state index contributed by atoms with van der Waals surface area (Å²) < 4.78 is 0. The Hall–Kier alpha value is 0.430. The molecule has 0 rings (SSSR count). The van der Waals surface area contributed by atoms with Gasteiger partial charge in [-0.2, -0.15) is 0 Å². The van der Waals surface area contributed by atoms with Gasteiger partial charge in [-0.15, -0.1) is 0 Å². The minimum atomic E-state index is -1.47. The molecule has 0 amide bonds. The molecule has 0 fully saturated rings. The molecule has 15 heavy (non-hydrogen) atoms. The maximum absolute atomic E-state index is 2.60. The quantitative estimate of drug-likeness (QED) is 0.606. The van der Waals surface area contributed by atoms with Crippen LogP contribution in [0.1, 0.15) is 48.5 Å². The van der Waals surface area contributed by atoms with E-state index in [4.69, 9.17) is 0 Å². The van der Waals surface area contributed by atoms with Crippen molar-refractivity contribution in [3.8, 4) is 0 Å². The molecule has 0 aromatic heterocycles. The molecular formula is C14H33P. The average Bonchev–Trinajstić information content (AvgIpc) is 1.76. The molecule has 94 valence electrons. The van der Waals surface area contributed by atoms with Gasteiger partial charge in [-0.1, -0.05) is 0 Å². The van der Waals surface area contributed by atoms with Crippen LogP contribution in [0.5, 0.6) is 0 Å². The summed E-state index contributed by atoms with van der Waals surface area (Å²) in [6, 6.07) is 0. The summed E-state index contributed by atoms with van der Waals surface area (Å²) in [5.41, 5.74) is 0.950. The van der Waals surface area contributed by atoms with Crippen molar-refractivity contribution >= 4 is 6.60 Å². The Kier molecular flexibility index (Phi) is 4.14. The Bertz CT molecular complexity index is 192. The van der Waals surface area contributed by atoms with Crippen molar-refractivity contribution in [2.24, 2.45) is 10.8 Å². The van der Waals surface area contributed by atoms with Gasteiger partial charge in [0.25, 0.3) is 0 Å². The van der Waals surface area contributed by atoms with E-state index in [1.807, 2.05) is 0 Å². The second-order valence-corrected chi connectivity index (χ2v) is 16.1. The van der Waals surface area contributed by atoms with Crippen LogP contribution in [0.2, 0.25) is 0 Å². The summed E-state index contributed by atoms with van der Waals surface area (Å²) in [4.78, 5) is 0. The molecule has 0 saturated heterocycles. The van der Waals surface area contributed by atoms with E-state index in [1.165, 1.54) is 18.5 Å². The number of hydrogen-bond acceptors (Lipinski definition) is 0. The van der Waals surface area contributed by atoms with Gasteiger partial charge in [0, 0.05) is 0 Å². The normalized spacial score (nSPS) is 17.3. The number of hydrogen-bond donors (Lipinski definition) is 0. The van der Waals surface area contributed by atoms with Crippen LogP contribution in [-0.4, -0.2) is 31.8 Å². The zero-order valence-corrected chi connectivity index (χ0v) is 13.5. The van der Waals surface area contributed by atoms with E-state index in [2.05, 4.69) is 61.8 Å². The van der Waals surface area contributed by atoms with Gasteiger partial charge in [0.15, 0.2) is 0 Å². The van der Waals surface area contributed by atoms with Crippen molar-refractivity contribution in [3.05, 3.63) is 0 Å². The van der Waals surface area contributed by atoms with Crippen LogP contribution in [0.4, 0.5) is 0 Å². The van der Waals surface area contributed by atoms with E-state index < -0.39 is 6.60 Å². The van der Waals surface area contributed by atoms with E-state index in [0.29, 0.717) is 10.8 Å². The molecule has 0 radical (unpaired) electrons. The van der Waals surface area contributed by atoms with Crippen LogP contribution in [0, 0.1) is 10.8 Å². The van der Waals surface area contributed by atoms with Crippen LogP contribution >= 0.6 is 6.60 Å². The van der Waals surface area contributed by atoms with Crippen LogP contribution < -0.4 is 0 Å². The van der Waals surface area contributed by atoms with Gasteiger partial charge in [0.05, 0.1) is 0 Å². The summed E-state index contributed by atoms with van der Waals surface area (Å²) in [5, 5.41) is 0. The standard InChI is InChI=1S/C14H33P/c1-10-15(8,9,11-13(2,3)4)12-14(5,6)7/h10-12H2,1-9H3. The summed E-state index contributed by atoms with van der Waals surface area (Å²) in [5.74, 6) is 0. The molecule has 0 aromatic rings. The Morgan fingerprint density at radius 1 is 0.733 bits per heavy atom. The third-order valence-electron chi connectivity index (χ3n) is 3.11. The van der Waals surface area contributed by atoms with Crippen LogP contribution in [0.25, 0.3) is 0 Å². The van der Waals surface area contributed by atoms with Gasteiger partial charge in [-0.3, -0.25) is 0 Å². The Balaban J connectivity index is 4.94. The van der Waals surface area contributed by atoms with Crippen LogP contribution in [0.15, 0.2) is 0 Å². The first-order valence-electron chi connectivity index (χ1n) is 6.26. The van der Waals surface area contributed by atoms with Crippen molar-refractivity contribution < 1.29 is 0 Å². The fourth-order valence-electron chi connectivity index (χ4n) is 3.52. The molecule has 0 N–H and O–H groups in total. The van der Waals surface area contributed by atoms with Gasteiger partial charge in [0.1, 0.15) is 0 Å². The molecule has 0 heterocycles. The first kappa shape index (κ1) is 15.4. The molecule has 0 nitrogen and oxygen atoms in total. The summed E-state index contributed by atoms with van der Waals surface area (Å²) >= 11 is 0. The van der Waals surface area contributed by atoms with Gasteiger partial charge in [0.2, 0.25) is 0 Å². The van der Waals surface area contributed by atoms with Crippen molar-refractivity contribution in [1.29, 1.82) is 0 Å². The molecule has 0 atom stereocenters.